The maximum absolute atomic E-state index is 12.6. The molecule has 4 rings (SSSR count). The minimum atomic E-state index is -0.265. The molecule has 0 heterocycles. The fourth-order valence-corrected chi connectivity index (χ4v) is 3.54. The number of amides is 1. The molecule has 160 valence electrons. The zero-order chi connectivity index (χ0) is 22.3. The van der Waals surface area contributed by atoms with E-state index in [1.807, 2.05) is 78.9 Å². The fourth-order valence-electron chi connectivity index (χ4n) is 3.28. The van der Waals surface area contributed by atoms with E-state index in [1.165, 1.54) is 0 Å². The van der Waals surface area contributed by atoms with Crippen LogP contribution in [0, 0.1) is 0 Å². The Kier molecular flexibility index (Phi) is 6.82. The van der Waals surface area contributed by atoms with Crippen molar-refractivity contribution in [2.24, 2.45) is 5.10 Å². The monoisotopic (exact) mass is 488 g/mol. The summed E-state index contributed by atoms with van der Waals surface area (Å²) < 4.78 is 12.4. The van der Waals surface area contributed by atoms with Crippen LogP contribution in [0.5, 0.6) is 11.5 Å². The number of halogens is 1. The summed E-state index contributed by atoms with van der Waals surface area (Å²) in [5.74, 6) is 0.956. The lowest BCUT2D eigenvalue weighted by Crippen LogP contribution is -2.17. The zero-order valence-corrected chi connectivity index (χ0v) is 19.0. The van der Waals surface area contributed by atoms with Gasteiger partial charge in [-0.1, -0.05) is 64.5 Å². The topological polar surface area (TPSA) is 59.9 Å². The van der Waals surface area contributed by atoms with Crippen molar-refractivity contribution in [2.75, 3.05) is 7.11 Å². The van der Waals surface area contributed by atoms with Gasteiger partial charge in [-0.3, -0.25) is 4.79 Å². The number of carbonyl (C=O) groups is 1. The minimum absolute atomic E-state index is 0.265. The minimum Gasteiger partial charge on any atom is -0.493 e. The van der Waals surface area contributed by atoms with Crippen molar-refractivity contribution in [1.29, 1.82) is 0 Å². The number of rotatable bonds is 7. The van der Waals surface area contributed by atoms with E-state index < -0.39 is 0 Å². The maximum Gasteiger partial charge on any atom is 0.271 e. The SMILES string of the molecule is COc1ccc(/C=N\NC(=O)c2cccc3ccccc23)cc1OCc1ccc(Br)cc1. The van der Waals surface area contributed by atoms with Crippen molar-refractivity contribution in [3.05, 3.63) is 106 Å². The van der Waals surface area contributed by atoms with Gasteiger partial charge in [0.15, 0.2) is 11.5 Å². The van der Waals surface area contributed by atoms with E-state index in [4.69, 9.17) is 9.47 Å². The number of nitrogens with zero attached hydrogens (tertiary/aromatic N) is 1. The Labute approximate surface area is 194 Å². The number of nitrogens with one attached hydrogen (secondary N) is 1. The molecule has 0 radical (unpaired) electrons. The molecule has 4 aromatic rings. The van der Waals surface area contributed by atoms with Crippen LogP contribution < -0.4 is 14.9 Å². The van der Waals surface area contributed by atoms with E-state index in [1.54, 1.807) is 19.4 Å². The molecular formula is C26H21BrN2O3. The number of hydrazone groups is 1. The average molecular weight is 489 g/mol. The van der Waals surface area contributed by atoms with Gasteiger partial charge in [-0.25, -0.2) is 5.43 Å². The first-order chi connectivity index (χ1) is 15.6. The van der Waals surface area contributed by atoms with Gasteiger partial charge >= 0.3 is 0 Å². The van der Waals surface area contributed by atoms with Crippen molar-refractivity contribution >= 4 is 38.8 Å². The fraction of sp³-hybridized carbons (Fsp3) is 0.0769. The van der Waals surface area contributed by atoms with Crippen LogP contribution in [-0.2, 0) is 6.61 Å². The lowest BCUT2D eigenvalue weighted by atomic mass is 10.0. The number of carbonyl (C=O) groups excluding carboxylic acids is 1. The van der Waals surface area contributed by atoms with Gasteiger partial charge < -0.3 is 9.47 Å². The van der Waals surface area contributed by atoms with Crippen molar-refractivity contribution in [1.82, 2.24) is 5.43 Å². The average Bonchev–Trinajstić information content (AvgIpc) is 2.83. The van der Waals surface area contributed by atoms with Crippen molar-refractivity contribution in [3.8, 4) is 11.5 Å². The second-order valence-corrected chi connectivity index (χ2v) is 7.97. The van der Waals surface area contributed by atoms with E-state index in [2.05, 4.69) is 26.5 Å². The quantitative estimate of drug-likeness (QED) is 0.258. The van der Waals surface area contributed by atoms with Crippen LogP contribution in [0.3, 0.4) is 0 Å². The first kappa shape index (κ1) is 21.6. The van der Waals surface area contributed by atoms with E-state index in [0.29, 0.717) is 23.7 Å². The predicted octanol–water partition coefficient (Wildman–Crippen LogP) is 5.95. The Morgan fingerprint density at radius 1 is 0.969 bits per heavy atom. The molecule has 0 aliphatic heterocycles. The normalized spacial score (nSPS) is 10.9. The molecule has 0 unspecified atom stereocenters. The number of fused-ring (bicyclic) bond motifs is 1. The summed E-state index contributed by atoms with van der Waals surface area (Å²) in [6.45, 7) is 0.405. The van der Waals surface area contributed by atoms with Gasteiger partial charge in [0, 0.05) is 10.0 Å². The standard InChI is InChI=1S/C26H21BrN2O3/c1-31-24-14-11-19(15-25(24)32-17-18-9-12-21(27)13-10-18)16-28-29-26(30)23-8-4-6-20-5-2-3-7-22(20)23/h2-16H,17H2,1H3,(H,29,30)/b28-16-. The van der Waals surface area contributed by atoms with Crippen LogP contribution in [0.4, 0.5) is 0 Å². The molecule has 0 spiro atoms. The Morgan fingerprint density at radius 2 is 1.75 bits per heavy atom. The van der Waals surface area contributed by atoms with Gasteiger partial charge in [0.05, 0.1) is 13.3 Å². The van der Waals surface area contributed by atoms with Gasteiger partial charge in [-0.15, -0.1) is 0 Å². The summed E-state index contributed by atoms with van der Waals surface area (Å²) in [5, 5.41) is 6.01. The molecule has 0 aliphatic rings. The maximum atomic E-state index is 12.6. The molecule has 0 saturated heterocycles. The van der Waals surface area contributed by atoms with Crippen LogP contribution in [0.1, 0.15) is 21.5 Å². The van der Waals surface area contributed by atoms with E-state index >= 15 is 0 Å². The lowest BCUT2D eigenvalue weighted by Gasteiger charge is -2.11. The van der Waals surface area contributed by atoms with Crippen LogP contribution in [0.2, 0.25) is 0 Å². The lowest BCUT2D eigenvalue weighted by molar-refractivity contribution is 0.0957. The highest BCUT2D eigenvalue weighted by Crippen LogP contribution is 2.28. The van der Waals surface area contributed by atoms with Crippen molar-refractivity contribution in [2.45, 2.75) is 6.61 Å². The van der Waals surface area contributed by atoms with Crippen LogP contribution in [-0.4, -0.2) is 19.2 Å². The summed E-state index contributed by atoms with van der Waals surface area (Å²) in [4.78, 5) is 12.6. The molecule has 0 aliphatic carbocycles. The Bertz CT molecular complexity index is 1260. The summed E-state index contributed by atoms with van der Waals surface area (Å²) in [6.07, 6.45) is 1.58. The van der Waals surface area contributed by atoms with Crippen molar-refractivity contribution in [3.63, 3.8) is 0 Å². The molecule has 1 N–H and O–H groups in total. The van der Waals surface area contributed by atoms with Crippen molar-refractivity contribution < 1.29 is 14.3 Å². The Hall–Kier alpha value is -3.64. The van der Waals surface area contributed by atoms with Gasteiger partial charge in [0.1, 0.15) is 6.61 Å². The second kappa shape index (κ2) is 10.1. The number of hydrogen-bond acceptors (Lipinski definition) is 4. The molecule has 4 aromatic carbocycles. The second-order valence-electron chi connectivity index (χ2n) is 7.05. The van der Waals surface area contributed by atoms with Gasteiger partial charge in [0.2, 0.25) is 0 Å². The highest BCUT2D eigenvalue weighted by atomic mass is 79.9. The third-order valence-electron chi connectivity index (χ3n) is 4.91. The molecule has 5 nitrogen and oxygen atoms in total. The molecule has 0 saturated carbocycles. The number of hydrogen-bond donors (Lipinski definition) is 1. The van der Waals surface area contributed by atoms with E-state index in [-0.39, 0.29) is 5.91 Å². The molecular weight excluding hydrogens is 468 g/mol. The van der Waals surface area contributed by atoms with Crippen LogP contribution >= 0.6 is 15.9 Å². The smallest absolute Gasteiger partial charge is 0.271 e. The molecule has 6 heteroatoms. The van der Waals surface area contributed by atoms with Gasteiger partial charge in [-0.05, 0) is 58.3 Å². The summed E-state index contributed by atoms with van der Waals surface area (Å²) in [7, 11) is 1.60. The highest BCUT2D eigenvalue weighted by molar-refractivity contribution is 9.10. The van der Waals surface area contributed by atoms with E-state index in [9.17, 15) is 4.79 Å². The van der Waals surface area contributed by atoms with Gasteiger partial charge in [0.25, 0.3) is 5.91 Å². The van der Waals surface area contributed by atoms with Gasteiger partial charge in [-0.2, -0.15) is 5.10 Å². The molecule has 1 amide bonds. The largest absolute Gasteiger partial charge is 0.493 e. The molecule has 0 bridgehead atoms. The third kappa shape index (κ3) is 5.15. The van der Waals surface area contributed by atoms with E-state index in [0.717, 1.165) is 26.4 Å². The summed E-state index contributed by atoms with van der Waals surface area (Å²) in [5.41, 5.74) is 4.99. The first-order valence-corrected chi connectivity index (χ1v) is 10.8. The predicted molar refractivity (Wildman–Crippen MR) is 130 cm³/mol. The molecule has 0 atom stereocenters. The number of ether oxygens (including phenoxy) is 2. The summed E-state index contributed by atoms with van der Waals surface area (Å²) >= 11 is 3.43. The summed E-state index contributed by atoms with van der Waals surface area (Å²) in [6, 6.07) is 26.8. The zero-order valence-electron chi connectivity index (χ0n) is 17.4. The van der Waals surface area contributed by atoms with Crippen LogP contribution in [0.25, 0.3) is 10.8 Å². The Balaban J connectivity index is 1.45. The highest BCUT2D eigenvalue weighted by Gasteiger charge is 2.09. The Morgan fingerprint density at radius 3 is 2.56 bits per heavy atom. The molecule has 0 fully saturated rings. The number of methoxy groups -OCH3 is 1. The molecule has 0 aromatic heterocycles. The van der Waals surface area contributed by atoms with Crippen LogP contribution in [0.15, 0.2) is 94.5 Å². The molecule has 32 heavy (non-hydrogen) atoms. The first-order valence-electron chi connectivity index (χ1n) is 10.0. The third-order valence-corrected chi connectivity index (χ3v) is 5.44. The number of benzene rings is 4.